The summed E-state index contributed by atoms with van der Waals surface area (Å²) in [4.78, 5) is 35.8. The molecule has 0 radical (unpaired) electrons. The van der Waals surface area contributed by atoms with Crippen LogP contribution in [0.25, 0.3) is 0 Å². The number of morpholine rings is 1. The third-order valence-electron chi connectivity index (χ3n) is 9.23. The average molecular weight is 591 g/mol. The number of likely N-dealkylation sites (N-methyl/N-ethyl adjacent to an activating group) is 1. The second kappa shape index (κ2) is 14.8. The molecule has 1 aliphatic carbocycles. The molecule has 3 atom stereocenters. The Morgan fingerprint density at radius 1 is 1.19 bits per heavy atom. The number of rotatable bonds is 11. The van der Waals surface area contributed by atoms with E-state index < -0.39 is 0 Å². The zero-order chi connectivity index (χ0) is 30.3. The van der Waals surface area contributed by atoms with E-state index in [1.54, 1.807) is 0 Å². The molecule has 2 aliphatic heterocycles. The van der Waals surface area contributed by atoms with Gasteiger partial charge in [-0.15, -0.1) is 0 Å². The first-order valence-corrected chi connectivity index (χ1v) is 16.4. The number of benzene rings is 1. The smallest absolute Gasteiger partial charge is 0.323 e. The summed E-state index contributed by atoms with van der Waals surface area (Å²) in [6.45, 7) is 9.43. The maximum absolute atomic E-state index is 13.1. The van der Waals surface area contributed by atoms with Gasteiger partial charge in [-0.25, -0.2) is 0 Å². The molecule has 234 valence electrons. The minimum atomic E-state index is -0.326. The minimum Gasteiger partial charge on any atom is -0.461 e. The summed E-state index contributed by atoms with van der Waals surface area (Å²) in [7, 11) is 2.16. The maximum atomic E-state index is 13.1. The fourth-order valence-electron chi connectivity index (χ4n) is 6.71. The Morgan fingerprint density at radius 3 is 2.74 bits per heavy atom. The predicted octanol–water partition coefficient (Wildman–Crippen LogP) is 5.47. The van der Waals surface area contributed by atoms with E-state index in [1.807, 2.05) is 19.2 Å². The van der Waals surface area contributed by atoms with Crippen LogP contribution in [-0.2, 0) is 27.2 Å². The normalized spacial score (nSPS) is 22.2. The van der Waals surface area contributed by atoms with Gasteiger partial charge in [0.1, 0.15) is 12.1 Å². The van der Waals surface area contributed by atoms with E-state index in [9.17, 15) is 9.59 Å². The summed E-state index contributed by atoms with van der Waals surface area (Å²) in [5.74, 6) is 0.515. The summed E-state index contributed by atoms with van der Waals surface area (Å²) in [6, 6.07) is 8.16. The van der Waals surface area contributed by atoms with Gasteiger partial charge in [0.25, 0.3) is 5.56 Å². The summed E-state index contributed by atoms with van der Waals surface area (Å²) in [6.07, 6.45) is 11.0. The summed E-state index contributed by atoms with van der Waals surface area (Å²) < 4.78 is 12.0. The first kappa shape index (κ1) is 31.6. The van der Waals surface area contributed by atoms with E-state index in [4.69, 9.17) is 14.5 Å². The second-order valence-corrected chi connectivity index (χ2v) is 13.3. The molecule has 0 bridgehead atoms. The van der Waals surface area contributed by atoms with Crippen molar-refractivity contribution in [3.05, 3.63) is 63.1 Å². The van der Waals surface area contributed by atoms with Crippen molar-refractivity contribution in [2.75, 3.05) is 26.7 Å². The van der Waals surface area contributed by atoms with Gasteiger partial charge in [-0.1, -0.05) is 26.0 Å². The van der Waals surface area contributed by atoms with Gasteiger partial charge in [-0.05, 0) is 101 Å². The summed E-state index contributed by atoms with van der Waals surface area (Å²) in [5.41, 5.74) is 5.95. The highest BCUT2D eigenvalue weighted by Crippen LogP contribution is 2.33. The highest BCUT2D eigenvalue weighted by molar-refractivity contribution is 6.04. The number of aromatic amines is 1. The Bertz CT molecular complexity index is 1330. The molecule has 2 N–H and O–H groups in total. The Labute approximate surface area is 256 Å². The van der Waals surface area contributed by atoms with E-state index >= 15 is 0 Å². The number of H-pyrrole nitrogens is 1. The first-order valence-electron chi connectivity index (χ1n) is 16.4. The second-order valence-electron chi connectivity index (χ2n) is 13.3. The standard InChI is InChI=1S/C35H50N4O4/c1-23(2)17-32(35(41)43-29-7-5-6-8-29)36-20-25-9-10-26-11-12-27(13-14-30-22-39(4)15-16-42-30)33(38-31(26)19-25)28-18-24(3)34(40)37-21-28/h9-10,18-19,21,23,27,29-30,32,36H,5-8,11-17,20,22H2,1-4H3,(H,37,40)/t27?,30?,32-/m0/s1. The number of carbonyl (C=O) groups is 1. The molecule has 2 aromatic rings. The van der Waals surface area contributed by atoms with Crippen LogP contribution in [-0.4, -0.2) is 66.6 Å². The number of nitrogens with zero attached hydrogens (tertiary/aromatic N) is 2. The predicted molar refractivity (Wildman–Crippen MR) is 171 cm³/mol. The molecule has 1 aromatic carbocycles. The van der Waals surface area contributed by atoms with E-state index in [1.165, 1.54) is 5.56 Å². The van der Waals surface area contributed by atoms with Crippen molar-refractivity contribution in [3.8, 4) is 0 Å². The van der Waals surface area contributed by atoms with E-state index in [2.05, 4.69) is 54.3 Å². The van der Waals surface area contributed by atoms with Crippen LogP contribution in [0.4, 0.5) is 5.69 Å². The molecule has 8 heteroatoms. The first-order chi connectivity index (χ1) is 20.7. The van der Waals surface area contributed by atoms with Crippen molar-refractivity contribution in [2.45, 2.75) is 103 Å². The van der Waals surface area contributed by atoms with Gasteiger partial charge in [0, 0.05) is 42.9 Å². The highest BCUT2D eigenvalue weighted by atomic mass is 16.5. The lowest BCUT2D eigenvalue weighted by atomic mass is 9.87. The molecule has 5 rings (SSSR count). The molecule has 8 nitrogen and oxygen atoms in total. The minimum absolute atomic E-state index is 0.0654. The Hall–Kier alpha value is -2.81. The van der Waals surface area contributed by atoms with E-state index in [0.717, 1.165) is 100 Å². The Kier molecular flexibility index (Phi) is 10.9. The number of aliphatic imine (C=N–C) groups is 1. The van der Waals surface area contributed by atoms with E-state index in [-0.39, 0.29) is 35.7 Å². The fraction of sp³-hybridized carbons (Fsp3) is 0.629. The third-order valence-corrected chi connectivity index (χ3v) is 9.23. The van der Waals surface area contributed by atoms with Crippen LogP contribution < -0.4 is 10.9 Å². The fourth-order valence-corrected chi connectivity index (χ4v) is 6.71. The molecule has 43 heavy (non-hydrogen) atoms. The van der Waals surface area contributed by atoms with Crippen molar-refractivity contribution >= 4 is 17.4 Å². The number of aryl methyl sites for hydroxylation is 2. The van der Waals surface area contributed by atoms with Crippen LogP contribution >= 0.6 is 0 Å². The number of hydrogen-bond acceptors (Lipinski definition) is 7. The zero-order valence-corrected chi connectivity index (χ0v) is 26.5. The Morgan fingerprint density at radius 2 is 2.00 bits per heavy atom. The van der Waals surface area contributed by atoms with Crippen LogP contribution in [0.1, 0.15) is 87.5 Å². The number of hydrogen-bond donors (Lipinski definition) is 2. The van der Waals surface area contributed by atoms with Crippen molar-refractivity contribution in [1.82, 2.24) is 15.2 Å². The molecule has 1 saturated carbocycles. The summed E-state index contributed by atoms with van der Waals surface area (Å²) >= 11 is 0. The van der Waals surface area contributed by atoms with Crippen LogP contribution in [0.15, 0.2) is 40.2 Å². The number of ether oxygens (including phenoxy) is 2. The van der Waals surface area contributed by atoms with Crippen LogP contribution in [0, 0.1) is 18.8 Å². The number of fused-ring (bicyclic) bond motifs is 1. The molecule has 2 fully saturated rings. The van der Waals surface area contributed by atoms with Gasteiger partial charge in [0.15, 0.2) is 0 Å². The van der Waals surface area contributed by atoms with Crippen LogP contribution in [0.2, 0.25) is 0 Å². The number of nitrogens with one attached hydrogen (secondary N) is 2. The van der Waals surface area contributed by atoms with Gasteiger partial charge >= 0.3 is 5.97 Å². The van der Waals surface area contributed by atoms with Crippen molar-refractivity contribution < 1.29 is 14.3 Å². The van der Waals surface area contributed by atoms with Crippen molar-refractivity contribution in [2.24, 2.45) is 16.8 Å². The van der Waals surface area contributed by atoms with Crippen LogP contribution in [0.3, 0.4) is 0 Å². The third kappa shape index (κ3) is 8.64. The van der Waals surface area contributed by atoms with Gasteiger partial charge in [-0.2, -0.15) is 0 Å². The number of pyridine rings is 1. The molecular weight excluding hydrogens is 540 g/mol. The SMILES string of the molecule is Cc1cc(C2=Nc3cc(CN[C@@H](CC(C)C)C(=O)OC4CCCC4)ccc3CCC2CCC2CN(C)CCO2)c[nH]c1=O. The van der Waals surface area contributed by atoms with Crippen molar-refractivity contribution in [3.63, 3.8) is 0 Å². The number of carbonyl (C=O) groups excluding carboxylic acids is 1. The van der Waals surface area contributed by atoms with Crippen molar-refractivity contribution in [1.29, 1.82) is 0 Å². The molecule has 2 unspecified atom stereocenters. The van der Waals surface area contributed by atoms with Crippen LogP contribution in [0.5, 0.6) is 0 Å². The number of aromatic nitrogens is 1. The molecule has 3 heterocycles. The zero-order valence-electron chi connectivity index (χ0n) is 26.5. The van der Waals surface area contributed by atoms with Gasteiger partial charge in [0.05, 0.1) is 24.1 Å². The molecule has 0 spiro atoms. The van der Waals surface area contributed by atoms with Gasteiger partial charge < -0.3 is 24.7 Å². The molecule has 1 saturated heterocycles. The van der Waals surface area contributed by atoms with Gasteiger partial charge in [0.2, 0.25) is 0 Å². The molecule has 3 aliphatic rings. The Balaban J connectivity index is 1.35. The largest absolute Gasteiger partial charge is 0.461 e. The van der Waals surface area contributed by atoms with E-state index in [0.29, 0.717) is 18.0 Å². The highest BCUT2D eigenvalue weighted by Gasteiger charge is 2.28. The lowest BCUT2D eigenvalue weighted by molar-refractivity contribution is -0.151. The van der Waals surface area contributed by atoms with Gasteiger partial charge in [-0.3, -0.25) is 14.6 Å². The molecule has 0 amide bonds. The topological polar surface area (TPSA) is 96.0 Å². The lowest BCUT2D eigenvalue weighted by Crippen LogP contribution is -2.40. The molecule has 1 aromatic heterocycles. The maximum Gasteiger partial charge on any atom is 0.323 e. The lowest BCUT2D eigenvalue weighted by Gasteiger charge is -2.31. The molecular formula is C35H50N4O4. The number of esters is 1. The monoisotopic (exact) mass is 590 g/mol. The quantitative estimate of drug-likeness (QED) is 0.337. The summed E-state index contributed by atoms with van der Waals surface area (Å²) in [5, 5.41) is 3.51. The average Bonchev–Trinajstić information content (AvgIpc) is 3.42.